The van der Waals surface area contributed by atoms with Crippen molar-refractivity contribution in [3.63, 3.8) is 0 Å². The van der Waals surface area contributed by atoms with Crippen LogP contribution in [0.3, 0.4) is 0 Å². The Morgan fingerprint density at radius 1 is 1.50 bits per heavy atom. The quantitative estimate of drug-likeness (QED) is 0.915. The number of aliphatic hydroxyl groups excluding tert-OH is 1. The van der Waals surface area contributed by atoms with Crippen LogP contribution in [0.4, 0.5) is 4.39 Å². The minimum absolute atomic E-state index is 0.253. The first-order valence-corrected chi connectivity index (χ1v) is 5.37. The molecule has 0 fully saturated rings. The average molecular weight is 286 g/mol. The van der Waals surface area contributed by atoms with Crippen LogP contribution in [0.25, 0.3) is 0 Å². The number of aryl methyl sites for hydroxylation is 1. The van der Waals surface area contributed by atoms with Crippen LogP contribution in [0.1, 0.15) is 17.4 Å². The van der Waals surface area contributed by atoms with E-state index in [9.17, 15) is 9.50 Å². The molecule has 1 heterocycles. The smallest absolute Gasteiger partial charge is 0.137 e. The predicted molar refractivity (Wildman–Crippen MR) is 59.2 cm³/mol. The van der Waals surface area contributed by atoms with E-state index in [4.69, 9.17) is 0 Å². The van der Waals surface area contributed by atoms with Crippen molar-refractivity contribution in [3.05, 3.63) is 45.9 Å². The third kappa shape index (κ3) is 1.85. The first-order valence-electron chi connectivity index (χ1n) is 4.58. The molecule has 0 amide bonds. The molecule has 1 aromatic heterocycles. The van der Waals surface area contributed by atoms with E-state index >= 15 is 0 Å². The summed E-state index contributed by atoms with van der Waals surface area (Å²) in [5.41, 5.74) is 0.955. The molecule has 0 saturated carbocycles. The lowest BCUT2D eigenvalue weighted by molar-refractivity contribution is 0.208. The van der Waals surface area contributed by atoms with Crippen molar-refractivity contribution in [2.75, 3.05) is 0 Å². The molecule has 1 unspecified atom stereocenters. The van der Waals surface area contributed by atoms with Crippen LogP contribution in [0.2, 0.25) is 0 Å². The van der Waals surface area contributed by atoms with E-state index in [-0.39, 0.29) is 4.47 Å². The molecule has 0 aliphatic carbocycles. The van der Waals surface area contributed by atoms with E-state index in [1.165, 1.54) is 16.9 Å². The van der Waals surface area contributed by atoms with Crippen LogP contribution >= 0.6 is 15.9 Å². The van der Waals surface area contributed by atoms with Crippen molar-refractivity contribution in [1.82, 2.24) is 15.0 Å². The lowest BCUT2D eigenvalue weighted by atomic mass is 10.1. The van der Waals surface area contributed by atoms with Gasteiger partial charge in [0, 0.05) is 12.6 Å². The fourth-order valence-corrected chi connectivity index (χ4v) is 1.92. The molecule has 6 heteroatoms. The van der Waals surface area contributed by atoms with Gasteiger partial charge in [0.1, 0.15) is 11.9 Å². The van der Waals surface area contributed by atoms with Crippen LogP contribution in [-0.4, -0.2) is 20.1 Å². The Bertz CT molecular complexity index is 515. The summed E-state index contributed by atoms with van der Waals surface area (Å²) in [7, 11) is 1.67. The van der Waals surface area contributed by atoms with Gasteiger partial charge >= 0.3 is 0 Å². The molecular formula is C10H9BrFN3O. The van der Waals surface area contributed by atoms with Crippen LogP contribution in [0.15, 0.2) is 28.9 Å². The van der Waals surface area contributed by atoms with E-state index in [2.05, 4.69) is 26.2 Å². The Morgan fingerprint density at radius 2 is 2.25 bits per heavy atom. The van der Waals surface area contributed by atoms with Crippen molar-refractivity contribution in [2.45, 2.75) is 6.10 Å². The third-order valence-corrected chi connectivity index (χ3v) is 3.14. The zero-order chi connectivity index (χ0) is 11.7. The van der Waals surface area contributed by atoms with Gasteiger partial charge in [0.25, 0.3) is 0 Å². The topological polar surface area (TPSA) is 50.9 Å². The van der Waals surface area contributed by atoms with Gasteiger partial charge in [-0.25, -0.2) is 9.07 Å². The van der Waals surface area contributed by atoms with Gasteiger partial charge in [0.05, 0.1) is 16.4 Å². The number of nitrogens with zero attached hydrogens (tertiary/aromatic N) is 3. The molecule has 16 heavy (non-hydrogen) atoms. The van der Waals surface area contributed by atoms with Crippen LogP contribution in [0, 0.1) is 5.82 Å². The zero-order valence-electron chi connectivity index (χ0n) is 8.43. The van der Waals surface area contributed by atoms with Crippen LogP contribution in [0.5, 0.6) is 0 Å². The number of hydrogen-bond donors (Lipinski definition) is 1. The highest BCUT2D eigenvalue weighted by Crippen LogP contribution is 2.29. The predicted octanol–water partition coefficient (Wildman–Crippen LogP) is 1.80. The summed E-state index contributed by atoms with van der Waals surface area (Å²) in [6.07, 6.45) is 0.493. The second kappa shape index (κ2) is 4.31. The molecule has 0 aliphatic heterocycles. The molecular weight excluding hydrogens is 277 g/mol. The molecule has 1 N–H and O–H groups in total. The maximum absolute atomic E-state index is 13.3. The van der Waals surface area contributed by atoms with Crippen molar-refractivity contribution in [3.8, 4) is 0 Å². The Labute approximate surface area is 99.8 Å². The van der Waals surface area contributed by atoms with Gasteiger partial charge in [-0.1, -0.05) is 17.3 Å². The van der Waals surface area contributed by atoms with Crippen LogP contribution < -0.4 is 0 Å². The number of rotatable bonds is 2. The van der Waals surface area contributed by atoms with Gasteiger partial charge in [-0.3, -0.25) is 0 Å². The largest absolute Gasteiger partial charge is 0.382 e. The summed E-state index contributed by atoms with van der Waals surface area (Å²) in [5.74, 6) is -0.410. The van der Waals surface area contributed by atoms with Gasteiger partial charge < -0.3 is 5.11 Å². The summed E-state index contributed by atoms with van der Waals surface area (Å²) >= 11 is 3.11. The molecule has 2 rings (SSSR count). The van der Waals surface area contributed by atoms with Gasteiger partial charge in [0.15, 0.2) is 0 Å². The molecule has 0 bridgehead atoms. The SMILES string of the molecule is Cn1nncc1C(O)c1cccc(F)c1Br. The van der Waals surface area contributed by atoms with E-state index in [0.29, 0.717) is 11.3 Å². The highest BCUT2D eigenvalue weighted by atomic mass is 79.9. The molecule has 0 aliphatic rings. The zero-order valence-corrected chi connectivity index (χ0v) is 10.0. The molecule has 4 nitrogen and oxygen atoms in total. The number of aliphatic hydroxyl groups is 1. The third-order valence-electron chi connectivity index (χ3n) is 2.31. The fourth-order valence-electron chi connectivity index (χ4n) is 1.44. The Balaban J connectivity index is 2.46. The molecule has 0 saturated heterocycles. The second-order valence-electron chi connectivity index (χ2n) is 3.33. The van der Waals surface area contributed by atoms with E-state index in [0.717, 1.165) is 0 Å². The maximum atomic E-state index is 13.3. The van der Waals surface area contributed by atoms with E-state index in [1.807, 2.05) is 0 Å². The maximum Gasteiger partial charge on any atom is 0.137 e. The first kappa shape index (κ1) is 11.2. The summed E-state index contributed by atoms with van der Waals surface area (Å²) in [4.78, 5) is 0. The minimum atomic E-state index is -0.954. The number of halogens is 2. The van der Waals surface area contributed by atoms with Crippen LogP contribution in [-0.2, 0) is 7.05 Å². The van der Waals surface area contributed by atoms with E-state index in [1.54, 1.807) is 19.2 Å². The first-order chi connectivity index (χ1) is 7.61. The van der Waals surface area contributed by atoms with Crippen molar-refractivity contribution in [1.29, 1.82) is 0 Å². The average Bonchev–Trinajstić information content (AvgIpc) is 2.68. The van der Waals surface area contributed by atoms with Crippen molar-refractivity contribution < 1.29 is 9.50 Å². The Morgan fingerprint density at radius 3 is 2.88 bits per heavy atom. The monoisotopic (exact) mass is 285 g/mol. The summed E-state index contributed by atoms with van der Waals surface area (Å²) in [5, 5.41) is 17.4. The normalized spacial score (nSPS) is 12.8. The minimum Gasteiger partial charge on any atom is -0.382 e. The Hall–Kier alpha value is -1.27. The second-order valence-corrected chi connectivity index (χ2v) is 4.12. The lowest BCUT2D eigenvalue weighted by Gasteiger charge is -2.12. The summed E-state index contributed by atoms with van der Waals surface area (Å²) < 4.78 is 15.0. The molecule has 0 radical (unpaired) electrons. The fraction of sp³-hybridized carbons (Fsp3) is 0.200. The van der Waals surface area contributed by atoms with Crippen molar-refractivity contribution in [2.24, 2.45) is 7.05 Å². The molecule has 84 valence electrons. The van der Waals surface area contributed by atoms with Crippen molar-refractivity contribution >= 4 is 15.9 Å². The highest BCUT2D eigenvalue weighted by Gasteiger charge is 2.18. The van der Waals surface area contributed by atoms with E-state index < -0.39 is 11.9 Å². The highest BCUT2D eigenvalue weighted by molar-refractivity contribution is 9.10. The molecule has 2 aromatic rings. The number of aromatic nitrogens is 3. The molecule has 1 atom stereocenters. The van der Waals surface area contributed by atoms with Gasteiger partial charge in [-0.2, -0.15) is 0 Å². The van der Waals surface area contributed by atoms with Gasteiger partial charge in [-0.05, 0) is 22.0 Å². The lowest BCUT2D eigenvalue weighted by Crippen LogP contribution is -2.07. The number of benzene rings is 1. The Kier molecular flexibility index (Phi) is 3.02. The number of hydrogen-bond acceptors (Lipinski definition) is 3. The molecule has 0 spiro atoms. The summed E-state index contributed by atoms with van der Waals surface area (Å²) in [6, 6.07) is 4.51. The molecule has 1 aromatic carbocycles. The van der Waals surface area contributed by atoms with Gasteiger partial charge in [-0.15, -0.1) is 5.10 Å². The summed E-state index contributed by atoms with van der Waals surface area (Å²) in [6.45, 7) is 0. The standard InChI is InChI=1S/C10H9BrFN3O/c1-15-8(5-13-14-15)10(16)6-3-2-4-7(12)9(6)11/h2-5,10,16H,1H3. The van der Waals surface area contributed by atoms with Gasteiger partial charge in [0.2, 0.25) is 0 Å².